The van der Waals surface area contributed by atoms with Gasteiger partial charge >= 0.3 is 5.97 Å². The maximum absolute atomic E-state index is 11.8. The van der Waals surface area contributed by atoms with Gasteiger partial charge in [-0.15, -0.1) is 0 Å². The Bertz CT molecular complexity index is 550. The molecule has 0 spiro atoms. The van der Waals surface area contributed by atoms with E-state index in [2.05, 4.69) is 15.0 Å². The number of ether oxygens (including phenoxy) is 1. The van der Waals surface area contributed by atoms with E-state index in [0.29, 0.717) is 5.82 Å². The molecule has 0 aliphatic heterocycles. The molecule has 0 fully saturated rings. The van der Waals surface area contributed by atoms with Gasteiger partial charge in [0.25, 0.3) is 0 Å². The molecule has 0 saturated heterocycles. The highest BCUT2D eigenvalue weighted by Crippen LogP contribution is 2.24. The summed E-state index contributed by atoms with van der Waals surface area (Å²) >= 11 is 0. The summed E-state index contributed by atoms with van der Waals surface area (Å²) < 4.78 is 4.83. The smallest absolute Gasteiger partial charge is 0.316 e. The molecule has 0 saturated carbocycles. The number of rotatable bonds is 4. The molecule has 0 bridgehead atoms. The molecule has 2 aromatic rings. The van der Waals surface area contributed by atoms with Crippen molar-refractivity contribution >= 4 is 5.97 Å². The summed E-state index contributed by atoms with van der Waals surface area (Å²) in [5.41, 5.74) is 1.76. The maximum atomic E-state index is 11.8. The third kappa shape index (κ3) is 2.81. The highest BCUT2D eigenvalue weighted by Gasteiger charge is 2.28. The predicted molar refractivity (Wildman–Crippen MR) is 71.4 cm³/mol. The summed E-state index contributed by atoms with van der Waals surface area (Å²) in [6, 6.07) is 3.75. The fraction of sp³-hybridized carbons (Fsp3) is 0.357. The number of nitrogens with one attached hydrogen (secondary N) is 1. The third-order valence-corrected chi connectivity index (χ3v) is 2.97. The first-order valence-electron chi connectivity index (χ1n) is 6.17. The average Bonchev–Trinajstić information content (AvgIpc) is 2.92. The van der Waals surface area contributed by atoms with Crippen molar-refractivity contribution in [2.24, 2.45) is 5.92 Å². The van der Waals surface area contributed by atoms with Crippen molar-refractivity contribution in [1.29, 1.82) is 0 Å². The number of esters is 1. The second-order valence-corrected chi connectivity index (χ2v) is 4.64. The number of H-pyrrole nitrogens is 1. The van der Waals surface area contributed by atoms with Gasteiger partial charge in [-0.1, -0.05) is 13.8 Å². The molecule has 1 unspecified atom stereocenters. The summed E-state index contributed by atoms with van der Waals surface area (Å²) in [6.07, 6.45) is 5.36. The van der Waals surface area contributed by atoms with Crippen molar-refractivity contribution in [3.05, 3.63) is 36.5 Å². The van der Waals surface area contributed by atoms with Crippen LogP contribution < -0.4 is 0 Å². The fourth-order valence-electron chi connectivity index (χ4n) is 1.97. The fourth-order valence-corrected chi connectivity index (χ4v) is 1.97. The van der Waals surface area contributed by atoms with Gasteiger partial charge in [0.2, 0.25) is 0 Å². The van der Waals surface area contributed by atoms with E-state index in [1.165, 1.54) is 7.11 Å². The van der Waals surface area contributed by atoms with Gasteiger partial charge < -0.3 is 9.72 Å². The lowest BCUT2D eigenvalue weighted by Gasteiger charge is -2.17. The number of hydrogen-bond acceptors (Lipinski definition) is 4. The summed E-state index contributed by atoms with van der Waals surface area (Å²) in [4.78, 5) is 23.5. The zero-order chi connectivity index (χ0) is 13.8. The Morgan fingerprint density at radius 2 is 2.16 bits per heavy atom. The molecule has 0 aromatic carbocycles. The molecular weight excluding hydrogens is 242 g/mol. The van der Waals surface area contributed by atoms with Crippen molar-refractivity contribution in [1.82, 2.24) is 15.0 Å². The lowest BCUT2D eigenvalue weighted by molar-refractivity contribution is -0.143. The van der Waals surface area contributed by atoms with Crippen molar-refractivity contribution in [2.75, 3.05) is 7.11 Å². The van der Waals surface area contributed by atoms with Crippen LogP contribution >= 0.6 is 0 Å². The van der Waals surface area contributed by atoms with Gasteiger partial charge in [-0.3, -0.25) is 4.79 Å². The quantitative estimate of drug-likeness (QED) is 0.856. The Morgan fingerprint density at radius 1 is 1.37 bits per heavy atom. The average molecular weight is 259 g/mol. The van der Waals surface area contributed by atoms with Crippen LogP contribution in [0.2, 0.25) is 0 Å². The minimum absolute atomic E-state index is 0.0777. The zero-order valence-corrected chi connectivity index (χ0v) is 11.3. The van der Waals surface area contributed by atoms with Gasteiger partial charge in [-0.25, -0.2) is 9.97 Å². The van der Waals surface area contributed by atoms with E-state index in [-0.39, 0.29) is 11.9 Å². The largest absolute Gasteiger partial charge is 0.468 e. The molecule has 1 atom stereocenters. The third-order valence-electron chi connectivity index (χ3n) is 2.97. The summed E-state index contributed by atoms with van der Waals surface area (Å²) in [7, 11) is 1.38. The second-order valence-electron chi connectivity index (χ2n) is 4.64. The molecular formula is C14H17N3O2. The van der Waals surface area contributed by atoms with Gasteiger partial charge in [-0.05, 0) is 18.1 Å². The standard InChI is InChI=1S/C14H17N3O2/c1-9(2)12(14(18)19-3)13-16-7-5-11(17-13)10-4-6-15-8-10/h4-9,12,15H,1-3H3. The number of aromatic nitrogens is 3. The van der Waals surface area contributed by atoms with E-state index in [1.807, 2.05) is 38.4 Å². The van der Waals surface area contributed by atoms with Gasteiger partial charge in [0.05, 0.1) is 12.8 Å². The lowest BCUT2D eigenvalue weighted by Crippen LogP contribution is -2.22. The van der Waals surface area contributed by atoms with Crippen LogP contribution in [0.1, 0.15) is 25.6 Å². The number of nitrogens with zero attached hydrogens (tertiary/aromatic N) is 2. The van der Waals surface area contributed by atoms with Crippen LogP contribution in [-0.2, 0) is 9.53 Å². The molecule has 5 heteroatoms. The van der Waals surface area contributed by atoms with Crippen LogP contribution in [0.5, 0.6) is 0 Å². The molecule has 1 N–H and O–H groups in total. The minimum Gasteiger partial charge on any atom is -0.468 e. The minimum atomic E-state index is -0.441. The Morgan fingerprint density at radius 3 is 2.74 bits per heavy atom. The molecule has 0 radical (unpaired) electrons. The number of methoxy groups -OCH3 is 1. The second kappa shape index (κ2) is 5.65. The van der Waals surface area contributed by atoms with Crippen LogP contribution in [0.4, 0.5) is 0 Å². The number of aromatic amines is 1. The molecule has 100 valence electrons. The van der Waals surface area contributed by atoms with Crippen LogP contribution in [0.3, 0.4) is 0 Å². The van der Waals surface area contributed by atoms with E-state index >= 15 is 0 Å². The zero-order valence-electron chi connectivity index (χ0n) is 11.3. The number of hydrogen-bond donors (Lipinski definition) is 1. The molecule has 0 aliphatic rings. The highest BCUT2D eigenvalue weighted by molar-refractivity contribution is 5.77. The summed E-state index contributed by atoms with van der Waals surface area (Å²) in [5, 5.41) is 0. The van der Waals surface area contributed by atoms with Gasteiger partial charge in [0.1, 0.15) is 11.7 Å². The number of carbonyl (C=O) groups excluding carboxylic acids is 1. The molecule has 0 amide bonds. The monoisotopic (exact) mass is 259 g/mol. The first kappa shape index (κ1) is 13.3. The molecule has 2 heterocycles. The van der Waals surface area contributed by atoms with E-state index in [4.69, 9.17) is 4.74 Å². The van der Waals surface area contributed by atoms with E-state index < -0.39 is 5.92 Å². The highest BCUT2D eigenvalue weighted by atomic mass is 16.5. The van der Waals surface area contributed by atoms with Crippen LogP contribution in [0, 0.1) is 5.92 Å². The van der Waals surface area contributed by atoms with Gasteiger partial charge in [0, 0.05) is 24.2 Å². The molecule has 2 aromatic heterocycles. The van der Waals surface area contributed by atoms with Crippen molar-refractivity contribution in [2.45, 2.75) is 19.8 Å². The first-order chi connectivity index (χ1) is 9.13. The topological polar surface area (TPSA) is 67.9 Å². The SMILES string of the molecule is COC(=O)C(c1nccc(-c2cc[nH]c2)n1)C(C)C. The van der Waals surface area contributed by atoms with Gasteiger partial charge in [0.15, 0.2) is 0 Å². The van der Waals surface area contributed by atoms with Crippen LogP contribution in [0.15, 0.2) is 30.7 Å². The van der Waals surface area contributed by atoms with E-state index in [0.717, 1.165) is 11.3 Å². The van der Waals surface area contributed by atoms with Crippen LogP contribution in [0.25, 0.3) is 11.3 Å². The van der Waals surface area contributed by atoms with Crippen molar-refractivity contribution in [3.8, 4) is 11.3 Å². The Kier molecular flexibility index (Phi) is 3.94. The van der Waals surface area contributed by atoms with E-state index in [9.17, 15) is 4.79 Å². The summed E-state index contributed by atoms with van der Waals surface area (Å²) in [6.45, 7) is 3.90. The maximum Gasteiger partial charge on any atom is 0.316 e. The number of carbonyl (C=O) groups is 1. The lowest BCUT2D eigenvalue weighted by atomic mass is 9.95. The Balaban J connectivity index is 2.39. The van der Waals surface area contributed by atoms with Gasteiger partial charge in [-0.2, -0.15) is 0 Å². The first-order valence-corrected chi connectivity index (χ1v) is 6.17. The Hall–Kier alpha value is -2.17. The normalized spacial score (nSPS) is 12.4. The predicted octanol–water partition coefficient (Wildman–Crippen LogP) is 2.38. The van der Waals surface area contributed by atoms with E-state index in [1.54, 1.807) is 6.20 Å². The molecule has 19 heavy (non-hydrogen) atoms. The van der Waals surface area contributed by atoms with Crippen molar-refractivity contribution < 1.29 is 9.53 Å². The molecule has 0 aliphatic carbocycles. The van der Waals surface area contributed by atoms with Crippen LogP contribution in [-0.4, -0.2) is 28.0 Å². The summed E-state index contributed by atoms with van der Waals surface area (Å²) in [5.74, 6) is -0.167. The van der Waals surface area contributed by atoms with Crippen molar-refractivity contribution in [3.63, 3.8) is 0 Å². The molecule has 5 nitrogen and oxygen atoms in total. The molecule has 2 rings (SSSR count). The Labute approximate surface area is 112 Å².